The van der Waals surface area contributed by atoms with Crippen molar-refractivity contribution >= 4 is 21.6 Å². The molecule has 0 bridgehead atoms. The van der Waals surface area contributed by atoms with Crippen LogP contribution in [0.1, 0.15) is 36.7 Å². The van der Waals surface area contributed by atoms with E-state index in [0.29, 0.717) is 37.7 Å². The maximum Gasteiger partial charge on any atom is 0.246 e. The van der Waals surface area contributed by atoms with Crippen molar-refractivity contribution in [1.29, 1.82) is 0 Å². The van der Waals surface area contributed by atoms with E-state index in [1.54, 1.807) is 13.8 Å². The Hall–Kier alpha value is -2.23. The number of para-hydroxylation sites is 1. The molecule has 0 spiro atoms. The van der Waals surface area contributed by atoms with Crippen molar-refractivity contribution in [2.45, 2.75) is 45.1 Å². The number of hydrogen-bond donors (Lipinski definition) is 1. The summed E-state index contributed by atoms with van der Waals surface area (Å²) in [4.78, 5) is 12.8. The third-order valence-corrected chi connectivity index (χ3v) is 7.18. The predicted molar refractivity (Wildman–Crippen MR) is 110 cm³/mol. The average molecular weight is 421 g/mol. The number of aryl methyl sites for hydroxylation is 1. The minimum atomic E-state index is -3.68. The molecule has 0 radical (unpaired) electrons. The lowest BCUT2D eigenvalue weighted by atomic mass is 10.0. The van der Waals surface area contributed by atoms with Crippen molar-refractivity contribution in [3.05, 3.63) is 41.2 Å². The SMILES string of the molecule is Cc1nn(CC(=O)Nc2ccccc2C(C)C)c(C)c1S(=O)(=O)N1CCOCC1. The lowest BCUT2D eigenvalue weighted by Crippen LogP contribution is -2.41. The number of sulfonamides is 1. The summed E-state index contributed by atoms with van der Waals surface area (Å²) in [5, 5.41) is 7.25. The molecule has 1 saturated heterocycles. The molecule has 1 N–H and O–H groups in total. The fourth-order valence-electron chi connectivity index (χ4n) is 3.56. The molecule has 2 heterocycles. The van der Waals surface area contributed by atoms with Gasteiger partial charge in [-0.3, -0.25) is 9.48 Å². The molecule has 3 rings (SSSR count). The second-order valence-corrected chi connectivity index (χ2v) is 9.34. The van der Waals surface area contributed by atoms with E-state index >= 15 is 0 Å². The van der Waals surface area contributed by atoms with Crippen LogP contribution in [-0.4, -0.2) is 54.7 Å². The van der Waals surface area contributed by atoms with Crippen LogP contribution in [0.2, 0.25) is 0 Å². The number of amides is 1. The molecule has 2 aromatic rings. The Bertz CT molecular complexity index is 992. The van der Waals surface area contributed by atoms with Gasteiger partial charge in [-0.05, 0) is 31.4 Å². The number of hydrogen-bond acceptors (Lipinski definition) is 5. The Morgan fingerprint density at radius 3 is 2.52 bits per heavy atom. The maximum absolute atomic E-state index is 13.1. The molecule has 9 heteroatoms. The van der Waals surface area contributed by atoms with E-state index in [9.17, 15) is 13.2 Å². The number of nitrogens with one attached hydrogen (secondary N) is 1. The maximum atomic E-state index is 13.1. The highest BCUT2D eigenvalue weighted by molar-refractivity contribution is 7.89. The van der Waals surface area contributed by atoms with Gasteiger partial charge in [-0.1, -0.05) is 32.0 Å². The first-order valence-corrected chi connectivity index (χ1v) is 11.2. The summed E-state index contributed by atoms with van der Waals surface area (Å²) in [6.07, 6.45) is 0. The van der Waals surface area contributed by atoms with Gasteiger partial charge < -0.3 is 10.1 Å². The van der Waals surface area contributed by atoms with Gasteiger partial charge in [-0.25, -0.2) is 8.42 Å². The van der Waals surface area contributed by atoms with Crippen molar-refractivity contribution in [2.24, 2.45) is 0 Å². The lowest BCUT2D eigenvalue weighted by molar-refractivity contribution is -0.116. The first-order chi connectivity index (χ1) is 13.7. The van der Waals surface area contributed by atoms with Gasteiger partial charge >= 0.3 is 0 Å². The Balaban J connectivity index is 1.81. The minimum absolute atomic E-state index is 0.0578. The monoisotopic (exact) mass is 420 g/mol. The average Bonchev–Trinajstić information content (AvgIpc) is 2.96. The molecule has 0 aliphatic carbocycles. The molecule has 0 unspecified atom stereocenters. The number of ether oxygens (including phenoxy) is 1. The highest BCUT2D eigenvalue weighted by Crippen LogP contribution is 2.25. The summed E-state index contributed by atoms with van der Waals surface area (Å²) in [5.41, 5.74) is 2.66. The van der Waals surface area contributed by atoms with Gasteiger partial charge in [-0.15, -0.1) is 0 Å². The second-order valence-electron chi connectivity index (χ2n) is 7.46. The quantitative estimate of drug-likeness (QED) is 0.774. The van der Waals surface area contributed by atoms with E-state index in [1.807, 2.05) is 24.3 Å². The summed E-state index contributed by atoms with van der Waals surface area (Å²) in [5.74, 6) is 0.0180. The summed E-state index contributed by atoms with van der Waals surface area (Å²) in [7, 11) is -3.68. The summed E-state index contributed by atoms with van der Waals surface area (Å²) in [6, 6.07) is 7.66. The zero-order valence-electron chi connectivity index (χ0n) is 17.3. The van der Waals surface area contributed by atoms with E-state index in [-0.39, 0.29) is 23.3 Å². The van der Waals surface area contributed by atoms with Gasteiger partial charge in [0.1, 0.15) is 11.4 Å². The van der Waals surface area contributed by atoms with Crippen LogP contribution in [0.4, 0.5) is 5.69 Å². The zero-order valence-corrected chi connectivity index (χ0v) is 18.1. The summed E-state index contributed by atoms with van der Waals surface area (Å²) < 4.78 is 34.2. The first-order valence-electron chi connectivity index (χ1n) is 9.72. The molecule has 1 aromatic carbocycles. The van der Waals surface area contributed by atoms with E-state index in [0.717, 1.165) is 11.3 Å². The minimum Gasteiger partial charge on any atom is -0.379 e. The Kier molecular flexibility index (Phi) is 6.40. The van der Waals surface area contributed by atoms with E-state index in [1.165, 1.54) is 8.99 Å². The van der Waals surface area contributed by atoms with Gasteiger partial charge in [0.2, 0.25) is 15.9 Å². The Labute approximate surface area is 171 Å². The number of carbonyl (C=O) groups excluding carboxylic acids is 1. The number of aromatic nitrogens is 2. The van der Waals surface area contributed by atoms with Crippen molar-refractivity contribution < 1.29 is 17.9 Å². The van der Waals surface area contributed by atoms with Crippen molar-refractivity contribution in [3.63, 3.8) is 0 Å². The largest absolute Gasteiger partial charge is 0.379 e. The van der Waals surface area contributed by atoms with Gasteiger partial charge in [0.25, 0.3) is 0 Å². The fourth-order valence-corrected chi connectivity index (χ4v) is 5.34. The van der Waals surface area contributed by atoms with Crippen LogP contribution in [-0.2, 0) is 26.1 Å². The third kappa shape index (κ3) is 4.52. The molecular weight excluding hydrogens is 392 g/mol. The van der Waals surface area contributed by atoms with E-state index in [2.05, 4.69) is 24.3 Å². The molecular formula is C20H28N4O4S. The molecule has 1 aromatic heterocycles. The van der Waals surface area contributed by atoms with Crippen LogP contribution in [0.3, 0.4) is 0 Å². The molecule has 1 amide bonds. The standard InChI is InChI=1S/C20H28N4O4S/c1-14(2)17-7-5-6-8-18(17)21-19(25)13-24-16(4)20(15(3)22-24)29(26,27)23-9-11-28-12-10-23/h5-8,14H,9-13H2,1-4H3,(H,21,25). The van der Waals surface area contributed by atoms with E-state index < -0.39 is 10.0 Å². The number of rotatable bonds is 6. The van der Waals surface area contributed by atoms with Crippen molar-refractivity contribution in [2.75, 3.05) is 31.6 Å². The van der Waals surface area contributed by atoms with Crippen molar-refractivity contribution in [1.82, 2.24) is 14.1 Å². The fraction of sp³-hybridized carbons (Fsp3) is 0.500. The van der Waals surface area contributed by atoms with Crippen LogP contribution in [0.25, 0.3) is 0 Å². The van der Waals surface area contributed by atoms with Crippen LogP contribution in [0, 0.1) is 13.8 Å². The van der Waals surface area contributed by atoms with Crippen LogP contribution in [0.5, 0.6) is 0 Å². The number of benzene rings is 1. The highest BCUT2D eigenvalue weighted by Gasteiger charge is 2.32. The number of nitrogens with zero attached hydrogens (tertiary/aromatic N) is 3. The van der Waals surface area contributed by atoms with Gasteiger partial charge in [0.15, 0.2) is 0 Å². The molecule has 1 fully saturated rings. The van der Waals surface area contributed by atoms with Crippen LogP contribution >= 0.6 is 0 Å². The van der Waals surface area contributed by atoms with Crippen LogP contribution in [0.15, 0.2) is 29.2 Å². The smallest absolute Gasteiger partial charge is 0.246 e. The molecule has 8 nitrogen and oxygen atoms in total. The highest BCUT2D eigenvalue weighted by atomic mass is 32.2. The Morgan fingerprint density at radius 2 is 1.86 bits per heavy atom. The number of anilines is 1. The van der Waals surface area contributed by atoms with Crippen LogP contribution < -0.4 is 5.32 Å². The first kappa shape index (κ1) is 21.5. The van der Waals surface area contributed by atoms with Crippen molar-refractivity contribution in [3.8, 4) is 0 Å². The summed E-state index contributed by atoms with van der Waals surface area (Å²) >= 11 is 0. The molecule has 1 aliphatic heterocycles. The number of morpholine rings is 1. The van der Waals surface area contributed by atoms with Gasteiger partial charge in [0, 0.05) is 18.8 Å². The lowest BCUT2D eigenvalue weighted by Gasteiger charge is -2.26. The molecule has 1 aliphatic rings. The molecule has 0 atom stereocenters. The van der Waals surface area contributed by atoms with Gasteiger partial charge in [-0.2, -0.15) is 9.40 Å². The topological polar surface area (TPSA) is 93.5 Å². The Morgan fingerprint density at radius 1 is 1.21 bits per heavy atom. The zero-order chi connectivity index (χ0) is 21.2. The second kappa shape index (κ2) is 8.64. The third-order valence-electron chi connectivity index (χ3n) is 5.03. The normalized spacial score (nSPS) is 15.6. The summed E-state index contributed by atoms with van der Waals surface area (Å²) in [6.45, 7) is 8.80. The molecule has 29 heavy (non-hydrogen) atoms. The van der Waals surface area contributed by atoms with Gasteiger partial charge in [0.05, 0.1) is 24.6 Å². The predicted octanol–water partition coefficient (Wildman–Crippen LogP) is 2.28. The molecule has 0 saturated carbocycles. The molecule has 158 valence electrons. The van der Waals surface area contributed by atoms with E-state index in [4.69, 9.17) is 4.74 Å². The number of carbonyl (C=O) groups is 1.